The van der Waals surface area contributed by atoms with E-state index in [0.29, 0.717) is 30.9 Å². The van der Waals surface area contributed by atoms with E-state index in [2.05, 4.69) is 17.4 Å². The Morgan fingerprint density at radius 1 is 1.17 bits per heavy atom. The van der Waals surface area contributed by atoms with Crippen molar-refractivity contribution in [3.63, 3.8) is 0 Å². The molecular weight excluding hydrogens is 391 g/mol. The number of nitrogens with one attached hydrogen (secondary N) is 1. The molecule has 0 bridgehead atoms. The van der Waals surface area contributed by atoms with E-state index in [0.717, 1.165) is 24.5 Å². The van der Waals surface area contributed by atoms with Gasteiger partial charge in [-0.3, -0.25) is 0 Å². The topological polar surface area (TPSA) is 30.5 Å². The second kappa shape index (κ2) is 9.50. The van der Waals surface area contributed by atoms with Crippen LogP contribution in [0.2, 0.25) is 0 Å². The lowest BCUT2D eigenvalue weighted by Gasteiger charge is -2.42. The van der Waals surface area contributed by atoms with Crippen molar-refractivity contribution in [3.05, 3.63) is 70.8 Å². The first-order chi connectivity index (χ1) is 14.2. The molecule has 1 saturated heterocycles. The number of alkyl halides is 3. The standard InChI is InChI=1S/C24H30F3NO2/c1-4-29-22-10-11-23(28-15-22,20-8-6-5-7-9-20)16-30-18(3)19-12-17(2)13-21(14-19)24(25,26)27/h5-9,12-14,18,22,28H,4,10-11,15-16H2,1-3H3/t18-,22?,23-/m1/s1. The quantitative estimate of drug-likeness (QED) is 0.615. The summed E-state index contributed by atoms with van der Waals surface area (Å²) in [5.74, 6) is 0. The van der Waals surface area contributed by atoms with Gasteiger partial charge in [0.15, 0.2) is 0 Å². The number of rotatable bonds is 7. The van der Waals surface area contributed by atoms with Crippen LogP contribution >= 0.6 is 0 Å². The van der Waals surface area contributed by atoms with Gasteiger partial charge in [-0.2, -0.15) is 13.2 Å². The van der Waals surface area contributed by atoms with Gasteiger partial charge in [0.05, 0.1) is 29.9 Å². The molecule has 2 aromatic carbocycles. The zero-order valence-electron chi connectivity index (χ0n) is 17.8. The number of halogens is 3. The maximum absolute atomic E-state index is 13.2. The summed E-state index contributed by atoms with van der Waals surface area (Å²) in [6, 6.07) is 14.2. The molecule has 2 aromatic rings. The van der Waals surface area contributed by atoms with Gasteiger partial charge < -0.3 is 14.8 Å². The highest BCUT2D eigenvalue weighted by atomic mass is 19.4. The van der Waals surface area contributed by atoms with Gasteiger partial charge in [0.1, 0.15) is 0 Å². The van der Waals surface area contributed by atoms with E-state index in [1.165, 1.54) is 6.07 Å². The van der Waals surface area contributed by atoms with Crippen LogP contribution in [0, 0.1) is 6.92 Å². The van der Waals surface area contributed by atoms with E-state index in [1.807, 2.05) is 25.1 Å². The zero-order valence-corrected chi connectivity index (χ0v) is 17.8. The van der Waals surface area contributed by atoms with Gasteiger partial charge in [0, 0.05) is 13.2 Å². The molecule has 0 aliphatic carbocycles. The summed E-state index contributed by atoms with van der Waals surface area (Å²) in [5, 5.41) is 3.61. The maximum atomic E-state index is 13.2. The van der Waals surface area contributed by atoms with Gasteiger partial charge >= 0.3 is 6.18 Å². The van der Waals surface area contributed by atoms with Gasteiger partial charge in [-0.1, -0.05) is 42.0 Å². The Balaban J connectivity index is 1.77. The van der Waals surface area contributed by atoms with Gasteiger partial charge in [-0.05, 0) is 56.9 Å². The Bertz CT molecular complexity index is 815. The Kier molecular flexibility index (Phi) is 7.22. The van der Waals surface area contributed by atoms with E-state index >= 15 is 0 Å². The van der Waals surface area contributed by atoms with Gasteiger partial charge in [-0.25, -0.2) is 0 Å². The molecule has 0 aromatic heterocycles. The van der Waals surface area contributed by atoms with E-state index in [1.54, 1.807) is 19.9 Å². The maximum Gasteiger partial charge on any atom is 0.416 e. The van der Waals surface area contributed by atoms with E-state index in [9.17, 15) is 13.2 Å². The van der Waals surface area contributed by atoms with E-state index < -0.39 is 17.8 Å². The summed E-state index contributed by atoms with van der Waals surface area (Å²) >= 11 is 0. The monoisotopic (exact) mass is 421 g/mol. The SMILES string of the molecule is CCOC1CC[C@@](CO[C@H](C)c2cc(C)cc(C(F)(F)F)c2)(c2ccccc2)NC1. The van der Waals surface area contributed by atoms with Crippen molar-refractivity contribution in [2.75, 3.05) is 19.8 Å². The number of hydrogen-bond acceptors (Lipinski definition) is 3. The summed E-state index contributed by atoms with van der Waals surface area (Å²) in [6.45, 7) is 7.22. The molecule has 1 unspecified atom stereocenters. The first-order valence-electron chi connectivity index (χ1n) is 10.5. The summed E-state index contributed by atoms with van der Waals surface area (Å²) < 4.78 is 51.5. The molecule has 0 amide bonds. The highest BCUT2D eigenvalue weighted by Gasteiger charge is 2.38. The molecule has 30 heavy (non-hydrogen) atoms. The van der Waals surface area contributed by atoms with Crippen LogP contribution in [0.5, 0.6) is 0 Å². The van der Waals surface area contributed by atoms with Crippen LogP contribution in [0.4, 0.5) is 13.2 Å². The minimum atomic E-state index is -4.37. The second-order valence-electron chi connectivity index (χ2n) is 8.03. The van der Waals surface area contributed by atoms with Crippen molar-refractivity contribution in [2.24, 2.45) is 0 Å². The fourth-order valence-electron chi connectivity index (χ4n) is 4.07. The lowest BCUT2D eigenvalue weighted by atomic mass is 9.82. The Morgan fingerprint density at radius 3 is 2.50 bits per heavy atom. The molecule has 164 valence electrons. The van der Waals surface area contributed by atoms with Crippen molar-refractivity contribution >= 4 is 0 Å². The summed E-state index contributed by atoms with van der Waals surface area (Å²) in [6.07, 6.45) is -2.94. The predicted octanol–water partition coefficient (Wildman–Crippen LogP) is 5.78. The zero-order chi connectivity index (χ0) is 21.8. The largest absolute Gasteiger partial charge is 0.416 e. The van der Waals surface area contributed by atoms with Crippen molar-refractivity contribution in [1.29, 1.82) is 0 Å². The van der Waals surface area contributed by atoms with Crippen LogP contribution < -0.4 is 5.32 Å². The smallest absolute Gasteiger partial charge is 0.377 e. The number of ether oxygens (including phenoxy) is 2. The van der Waals surface area contributed by atoms with Crippen LogP contribution in [-0.4, -0.2) is 25.9 Å². The molecule has 0 radical (unpaired) electrons. The van der Waals surface area contributed by atoms with Crippen molar-refractivity contribution in [3.8, 4) is 0 Å². The highest BCUT2D eigenvalue weighted by molar-refractivity contribution is 5.32. The van der Waals surface area contributed by atoms with Crippen molar-refractivity contribution in [1.82, 2.24) is 5.32 Å². The number of hydrogen-bond donors (Lipinski definition) is 1. The average molecular weight is 422 g/mol. The molecule has 1 fully saturated rings. The minimum absolute atomic E-state index is 0.162. The Morgan fingerprint density at radius 2 is 1.90 bits per heavy atom. The van der Waals surface area contributed by atoms with Crippen LogP contribution in [0.1, 0.15) is 55.0 Å². The third-order valence-electron chi connectivity index (χ3n) is 5.77. The van der Waals surface area contributed by atoms with E-state index in [-0.39, 0.29) is 11.6 Å². The first kappa shape index (κ1) is 22.8. The third-order valence-corrected chi connectivity index (χ3v) is 5.77. The second-order valence-corrected chi connectivity index (χ2v) is 8.03. The lowest BCUT2D eigenvalue weighted by molar-refractivity contribution is -0.137. The first-order valence-corrected chi connectivity index (χ1v) is 10.5. The molecule has 1 N–H and O–H groups in total. The van der Waals surface area contributed by atoms with Crippen molar-refractivity contribution in [2.45, 2.75) is 57.5 Å². The molecule has 3 rings (SSSR count). The predicted molar refractivity (Wildman–Crippen MR) is 111 cm³/mol. The Hall–Kier alpha value is -1.89. The van der Waals surface area contributed by atoms with Crippen LogP contribution in [-0.2, 0) is 21.2 Å². The molecule has 0 saturated carbocycles. The highest BCUT2D eigenvalue weighted by Crippen LogP contribution is 2.35. The molecule has 0 spiro atoms. The molecule has 1 aliphatic heterocycles. The van der Waals surface area contributed by atoms with Gasteiger partial charge in [0.25, 0.3) is 0 Å². The lowest BCUT2D eigenvalue weighted by Crippen LogP contribution is -2.53. The molecule has 1 heterocycles. The molecule has 3 nitrogen and oxygen atoms in total. The number of aryl methyl sites for hydroxylation is 1. The van der Waals surface area contributed by atoms with Gasteiger partial charge in [0.2, 0.25) is 0 Å². The average Bonchev–Trinajstić information content (AvgIpc) is 2.73. The molecule has 1 aliphatic rings. The van der Waals surface area contributed by atoms with Gasteiger partial charge in [-0.15, -0.1) is 0 Å². The fraction of sp³-hybridized carbons (Fsp3) is 0.500. The van der Waals surface area contributed by atoms with Crippen LogP contribution in [0.25, 0.3) is 0 Å². The summed E-state index contributed by atoms with van der Waals surface area (Å²) in [5.41, 5.74) is 1.20. The third kappa shape index (κ3) is 5.42. The number of piperidine rings is 1. The van der Waals surface area contributed by atoms with E-state index in [4.69, 9.17) is 9.47 Å². The minimum Gasteiger partial charge on any atom is -0.377 e. The summed E-state index contributed by atoms with van der Waals surface area (Å²) in [7, 11) is 0. The summed E-state index contributed by atoms with van der Waals surface area (Å²) in [4.78, 5) is 0. The molecular formula is C24H30F3NO2. The molecule has 6 heteroatoms. The van der Waals surface area contributed by atoms with Crippen molar-refractivity contribution < 1.29 is 22.6 Å². The normalized spacial score (nSPS) is 23.3. The Labute approximate surface area is 176 Å². The van der Waals surface area contributed by atoms with Crippen LogP contribution in [0.3, 0.4) is 0 Å². The number of benzene rings is 2. The molecule has 3 atom stereocenters. The fourth-order valence-corrected chi connectivity index (χ4v) is 4.07. The van der Waals surface area contributed by atoms with Crippen LogP contribution in [0.15, 0.2) is 48.5 Å².